The fraction of sp³-hybridized carbons (Fsp3) is 0.333. The van der Waals surface area contributed by atoms with Gasteiger partial charge in [-0.05, 0) is 19.4 Å². The number of carbonyl (C=O) groups is 2. The van der Waals surface area contributed by atoms with Gasteiger partial charge in [-0.2, -0.15) is 0 Å². The zero-order valence-corrected chi connectivity index (χ0v) is 9.86. The van der Waals surface area contributed by atoms with Crippen LogP contribution in [0.15, 0.2) is 24.3 Å². The third-order valence-electron chi connectivity index (χ3n) is 2.52. The number of hydrogen-bond acceptors (Lipinski definition) is 3. The Labute approximate surface area is 99.8 Å². The molecule has 1 unspecified atom stereocenters. The molecule has 0 aliphatic carbocycles. The Hall–Kier alpha value is -1.88. The van der Waals surface area contributed by atoms with E-state index in [9.17, 15) is 9.59 Å². The first-order valence-corrected chi connectivity index (χ1v) is 5.32. The monoisotopic (exact) mass is 236 g/mol. The first-order valence-electron chi connectivity index (χ1n) is 5.32. The van der Waals surface area contributed by atoms with Crippen molar-refractivity contribution in [3.63, 3.8) is 0 Å². The second-order valence-corrected chi connectivity index (χ2v) is 3.89. The number of hydroxylamine groups is 1. The van der Waals surface area contributed by atoms with E-state index in [4.69, 9.17) is 5.21 Å². The van der Waals surface area contributed by atoms with Gasteiger partial charge in [0.1, 0.15) is 0 Å². The summed E-state index contributed by atoms with van der Waals surface area (Å²) in [5.41, 5.74) is 3.47. The Kier molecular flexibility index (Phi) is 4.66. The quantitative estimate of drug-likeness (QED) is 0.532. The van der Waals surface area contributed by atoms with Gasteiger partial charge in [0.2, 0.25) is 5.91 Å². The molecule has 0 aliphatic heterocycles. The highest BCUT2D eigenvalue weighted by atomic mass is 16.5. The van der Waals surface area contributed by atoms with Crippen LogP contribution < -0.4 is 10.8 Å². The molecule has 92 valence electrons. The third-order valence-corrected chi connectivity index (χ3v) is 2.52. The SMILES string of the molecule is Cc1ccc(C(C)C(=O)NCC(=O)NO)cc1. The summed E-state index contributed by atoms with van der Waals surface area (Å²) in [5.74, 6) is -1.23. The predicted molar refractivity (Wildman–Crippen MR) is 62.5 cm³/mol. The minimum Gasteiger partial charge on any atom is -0.346 e. The summed E-state index contributed by atoms with van der Waals surface area (Å²) in [7, 11) is 0. The summed E-state index contributed by atoms with van der Waals surface area (Å²) in [4.78, 5) is 22.4. The van der Waals surface area contributed by atoms with Crippen molar-refractivity contribution in [2.24, 2.45) is 0 Å². The molecular formula is C12H16N2O3. The lowest BCUT2D eigenvalue weighted by Crippen LogP contribution is -2.37. The lowest BCUT2D eigenvalue weighted by atomic mass is 9.99. The molecule has 1 aromatic carbocycles. The number of benzene rings is 1. The number of rotatable bonds is 4. The van der Waals surface area contributed by atoms with Gasteiger partial charge in [0.25, 0.3) is 5.91 Å². The van der Waals surface area contributed by atoms with Gasteiger partial charge in [0, 0.05) is 0 Å². The molecule has 5 nitrogen and oxygen atoms in total. The van der Waals surface area contributed by atoms with Gasteiger partial charge in [-0.1, -0.05) is 29.8 Å². The summed E-state index contributed by atoms with van der Waals surface area (Å²) >= 11 is 0. The molecule has 0 saturated heterocycles. The van der Waals surface area contributed by atoms with Crippen LogP contribution in [-0.2, 0) is 9.59 Å². The van der Waals surface area contributed by atoms with E-state index in [1.807, 2.05) is 31.2 Å². The summed E-state index contributed by atoms with van der Waals surface area (Å²) in [6, 6.07) is 7.62. The maximum absolute atomic E-state index is 11.7. The minimum absolute atomic E-state index is 0.231. The lowest BCUT2D eigenvalue weighted by molar-refractivity contribution is -0.131. The molecule has 5 heteroatoms. The Morgan fingerprint density at radius 2 is 1.88 bits per heavy atom. The van der Waals surface area contributed by atoms with Crippen molar-refractivity contribution in [2.45, 2.75) is 19.8 Å². The van der Waals surface area contributed by atoms with Gasteiger partial charge in [-0.3, -0.25) is 14.8 Å². The molecule has 0 spiro atoms. The summed E-state index contributed by atoms with van der Waals surface area (Å²) < 4.78 is 0. The van der Waals surface area contributed by atoms with Crippen LogP contribution in [0.25, 0.3) is 0 Å². The van der Waals surface area contributed by atoms with Crippen molar-refractivity contribution in [3.8, 4) is 0 Å². The Morgan fingerprint density at radius 1 is 1.29 bits per heavy atom. The van der Waals surface area contributed by atoms with E-state index in [1.165, 1.54) is 5.48 Å². The average molecular weight is 236 g/mol. The summed E-state index contributed by atoms with van der Waals surface area (Å²) in [5, 5.41) is 10.7. The highest BCUT2D eigenvalue weighted by Gasteiger charge is 2.15. The normalized spacial score (nSPS) is 11.7. The number of amides is 2. The maximum Gasteiger partial charge on any atom is 0.262 e. The number of nitrogens with one attached hydrogen (secondary N) is 2. The van der Waals surface area contributed by atoms with Crippen molar-refractivity contribution in [2.75, 3.05) is 6.54 Å². The second-order valence-electron chi connectivity index (χ2n) is 3.89. The van der Waals surface area contributed by atoms with Gasteiger partial charge in [0.05, 0.1) is 12.5 Å². The Bertz CT molecular complexity index is 401. The maximum atomic E-state index is 11.7. The van der Waals surface area contributed by atoms with E-state index < -0.39 is 5.91 Å². The van der Waals surface area contributed by atoms with Crippen LogP contribution in [0.2, 0.25) is 0 Å². The molecule has 0 heterocycles. The summed E-state index contributed by atoms with van der Waals surface area (Å²) in [6.07, 6.45) is 0. The molecular weight excluding hydrogens is 220 g/mol. The molecule has 0 radical (unpaired) electrons. The van der Waals surface area contributed by atoms with Crippen LogP contribution in [0.5, 0.6) is 0 Å². The van der Waals surface area contributed by atoms with Crippen molar-refractivity contribution in [3.05, 3.63) is 35.4 Å². The van der Waals surface area contributed by atoms with Crippen molar-refractivity contribution < 1.29 is 14.8 Å². The molecule has 0 saturated carbocycles. The van der Waals surface area contributed by atoms with Crippen molar-refractivity contribution >= 4 is 11.8 Å². The molecule has 1 atom stereocenters. The molecule has 17 heavy (non-hydrogen) atoms. The Balaban J connectivity index is 2.57. The third kappa shape index (κ3) is 3.88. The van der Waals surface area contributed by atoms with Crippen molar-refractivity contribution in [1.82, 2.24) is 10.8 Å². The number of aryl methyl sites for hydroxylation is 1. The molecule has 1 rings (SSSR count). The lowest BCUT2D eigenvalue weighted by Gasteiger charge is -2.12. The van der Waals surface area contributed by atoms with Crippen LogP contribution in [0, 0.1) is 6.92 Å². The van der Waals surface area contributed by atoms with Crippen LogP contribution in [0.1, 0.15) is 24.0 Å². The van der Waals surface area contributed by atoms with Crippen LogP contribution in [0.3, 0.4) is 0 Å². The van der Waals surface area contributed by atoms with E-state index in [0.29, 0.717) is 0 Å². The van der Waals surface area contributed by atoms with E-state index in [1.54, 1.807) is 6.92 Å². The smallest absolute Gasteiger partial charge is 0.262 e. The van der Waals surface area contributed by atoms with E-state index >= 15 is 0 Å². The van der Waals surface area contributed by atoms with Crippen LogP contribution >= 0.6 is 0 Å². The van der Waals surface area contributed by atoms with Gasteiger partial charge in [0.15, 0.2) is 0 Å². The highest BCUT2D eigenvalue weighted by molar-refractivity contribution is 5.87. The molecule has 1 aromatic rings. The van der Waals surface area contributed by atoms with Gasteiger partial charge >= 0.3 is 0 Å². The van der Waals surface area contributed by atoms with Gasteiger partial charge < -0.3 is 5.32 Å². The number of hydrogen-bond donors (Lipinski definition) is 3. The zero-order valence-electron chi connectivity index (χ0n) is 9.86. The van der Waals surface area contributed by atoms with E-state index in [0.717, 1.165) is 11.1 Å². The van der Waals surface area contributed by atoms with Gasteiger partial charge in [-0.15, -0.1) is 0 Å². The van der Waals surface area contributed by atoms with E-state index in [2.05, 4.69) is 5.32 Å². The topological polar surface area (TPSA) is 78.4 Å². The molecule has 2 amide bonds. The van der Waals surface area contributed by atoms with Crippen molar-refractivity contribution in [1.29, 1.82) is 0 Å². The molecule has 3 N–H and O–H groups in total. The van der Waals surface area contributed by atoms with Crippen LogP contribution in [-0.4, -0.2) is 23.6 Å². The predicted octanol–water partition coefficient (Wildman–Crippen LogP) is 0.720. The molecule has 0 fully saturated rings. The zero-order chi connectivity index (χ0) is 12.8. The Morgan fingerprint density at radius 3 is 2.41 bits per heavy atom. The fourth-order valence-electron chi connectivity index (χ4n) is 1.37. The largest absolute Gasteiger partial charge is 0.346 e. The second kappa shape index (κ2) is 6.00. The number of carbonyl (C=O) groups excluding carboxylic acids is 2. The summed E-state index contributed by atoms with van der Waals surface area (Å²) in [6.45, 7) is 3.50. The average Bonchev–Trinajstić information content (AvgIpc) is 2.35. The standard InChI is InChI=1S/C12H16N2O3/c1-8-3-5-10(6-4-8)9(2)12(16)13-7-11(15)14-17/h3-6,9,17H,7H2,1-2H3,(H,13,16)(H,14,15). The highest BCUT2D eigenvalue weighted by Crippen LogP contribution is 2.15. The first-order chi connectivity index (χ1) is 8.04. The molecule has 0 aliphatic rings. The van der Waals surface area contributed by atoms with Gasteiger partial charge in [-0.25, -0.2) is 5.48 Å². The first kappa shape index (κ1) is 13.2. The fourth-order valence-corrected chi connectivity index (χ4v) is 1.37. The molecule has 0 aromatic heterocycles. The van der Waals surface area contributed by atoms with Crippen LogP contribution in [0.4, 0.5) is 0 Å². The van der Waals surface area contributed by atoms with E-state index in [-0.39, 0.29) is 18.4 Å². The molecule has 0 bridgehead atoms. The minimum atomic E-state index is -0.644.